The van der Waals surface area contributed by atoms with Gasteiger partial charge in [0.15, 0.2) is 0 Å². The van der Waals surface area contributed by atoms with Gasteiger partial charge in [-0.2, -0.15) is 0 Å². The summed E-state index contributed by atoms with van der Waals surface area (Å²) in [6, 6.07) is 5.86. The maximum atomic E-state index is 12.2. The fraction of sp³-hybridized carbons (Fsp3) is 0.312. The number of benzene rings is 1. The highest BCUT2D eigenvalue weighted by Gasteiger charge is 2.17. The zero-order chi connectivity index (χ0) is 17.5. The van der Waals surface area contributed by atoms with Crippen LogP contribution in [0.5, 0.6) is 0 Å². The molecule has 2 N–H and O–H groups in total. The van der Waals surface area contributed by atoms with Crippen LogP contribution in [-0.4, -0.2) is 39.5 Å². The number of amides is 2. The minimum atomic E-state index is -3.52. The van der Waals surface area contributed by atoms with Crippen molar-refractivity contribution in [2.24, 2.45) is 0 Å². The molecule has 126 valence electrons. The highest BCUT2D eigenvalue weighted by atomic mass is 32.2. The van der Waals surface area contributed by atoms with Crippen LogP contribution >= 0.6 is 0 Å². The van der Waals surface area contributed by atoms with Gasteiger partial charge in [0.1, 0.15) is 0 Å². The van der Waals surface area contributed by atoms with Crippen molar-refractivity contribution < 1.29 is 13.2 Å². The highest BCUT2D eigenvalue weighted by molar-refractivity contribution is 7.89. The Hall–Kier alpha value is -2.12. The molecule has 7 heteroatoms. The summed E-state index contributed by atoms with van der Waals surface area (Å²) in [6.07, 6.45) is 3.27. The molecule has 1 aromatic carbocycles. The standard InChI is InChI=1S/C16H23N3O3S/c1-5-10-19(11-6-2)16(20)18-13(3)14-8-7-9-15(12-14)23(21,22)17-4/h5-9,12-13,17H,1-2,10-11H2,3-4H3,(H,18,20)/t13-/m0/s1. The van der Waals surface area contributed by atoms with Crippen LogP contribution in [0.2, 0.25) is 0 Å². The molecule has 2 amide bonds. The molecule has 0 spiro atoms. The average molecular weight is 337 g/mol. The fourth-order valence-corrected chi connectivity index (χ4v) is 2.77. The molecule has 0 radical (unpaired) electrons. The van der Waals surface area contributed by atoms with E-state index in [1.807, 2.05) is 0 Å². The molecule has 0 aliphatic rings. The Morgan fingerprint density at radius 3 is 2.43 bits per heavy atom. The lowest BCUT2D eigenvalue weighted by molar-refractivity contribution is 0.205. The molecule has 0 saturated carbocycles. The first-order valence-electron chi connectivity index (χ1n) is 7.16. The van der Waals surface area contributed by atoms with Crippen molar-refractivity contribution in [2.45, 2.75) is 17.9 Å². The number of rotatable bonds is 8. The van der Waals surface area contributed by atoms with Crippen molar-refractivity contribution in [1.82, 2.24) is 14.9 Å². The smallest absolute Gasteiger partial charge is 0.318 e. The number of carbonyl (C=O) groups excluding carboxylic acids is 1. The molecule has 0 saturated heterocycles. The lowest BCUT2D eigenvalue weighted by atomic mass is 10.1. The van der Waals surface area contributed by atoms with Gasteiger partial charge in [-0.15, -0.1) is 13.2 Å². The van der Waals surface area contributed by atoms with Crippen LogP contribution < -0.4 is 10.0 Å². The molecule has 1 aromatic rings. The molecule has 1 atom stereocenters. The minimum Gasteiger partial charge on any atom is -0.331 e. The quantitative estimate of drug-likeness (QED) is 0.713. The van der Waals surface area contributed by atoms with Gasteiger partial charge in [-0.1, -0.05) is 24.3 Å². The van der Waals surface area contributed by atoms with Crippen molar-refractivity contribution in [3.63, 3.8) is 0 Å². The van der Waals surface area contributed by atoms with E-state index < -0.39 is 10.0 Å². The van der Waals surface area contributed by atoms with Crippen molar-refractivity contribution in [1.29, 1.82) is 0 Å². The minimum absolute atomic E-state index is 0.160. The van der Waals surface area contributed by atoms with Crippen molar-refractivity contribution in [3.05, 3.63) is 55.1 Å². The highest BCUT2D eigenvalue weighted by Crippen LogP contribution is 2.17. The van der Waals surface area contributed by atoms with Crippen LogP contribution in [0.4, 0.5) is 4.79 Å². The predicted molar refractivity (Wildman–Crippen MR) is 91.6 cm³/mol. The molecule has 0 bridgehead atoms. The van der Waals surface area contributed by atoms with E-state index >= 15 is 0 Å². The van der Waals surface area contributed by atoms with Gasteiger partial charge in [-0.05, 0) is 31.7 Å². The van der Waals surface area contributed by atoms with E-state index in [4.69, 9.17) is 0 Å². The van der Waals surface area contributed by atoms with E-state index in [2.05, 4.69) is 23.2 Å². The molecule has 0 fully saturated rings. The van der Waals surface area contributed by atoms with Crippen LogP contribution in [0.25, 0.3) is 0 Å². The van der Waals surface area contributed by atoms with E-state index in [0.717, 1.165) is 0 Å². The first-order valence-corrected chi connectivity index (χ1v) is 8.64. The first kappa shape index (κ1) is 18.9. The summed E-state index contributed by atoms with van der Waals surface area (Å²) in [4.78, 5) is 13.9. The fourth-order valence-electron chi connectivity index (χ4n) is 1.98. The summed E-state index contributed by atoms with van der Waals surface area (Å²) in [5.74, 6) is 0. The summed E-state index contributed by atoms with van der Waals surface area (Å²) >= 11 is 0. The summed E-state index contributed by atoms with van der Waals surface area (Å²) < 4.78 is 26.0. The van der Waals surface area contributed by atoms with Gasteiger partial charge in [-0.25, -0.2) is 17.9 Å². The predicted octanol–water partition coefficient (Wildman–Crippen LogP) is 2.04. The second kappa shape index (κ2) is 8.50. The maximum absolute atomic E-state index is 12.2. The third-order valence-corrected chi connectivity index (χ3v) is 4.68. The van der Waals surface area contributed by atoms with Crippen molar-refractivity contribution in [2.75, 3.05) is 20.1 Å². The summed E-state index contributed by atoms with van der Waals surface area (Å²) in [6.45, 7) is 9.84. The average Bonchev–Trinajstić information content (AvgIpc) is 2.54. The molecule has 23 heavy (non-hydrogen) atoms. The lowest BCUT2D eigenvalue weighted by Crippen LogP contribution is -2.41. The van der Waals surface area contributed by atoms with Gasteiger partial charge in [0.05, 0.1) is 10.9 Å². The van der Waals surface area contributed by atoms with Gasteiger partial charge in [-0.3, -0.25) is 0 Å². The van der Waals surface area contributed by atoms with Gasteiger partial charge in [0.2, 0.25) is 10.0 Å². The topological polar surface area (TPSA) is 78.5 Å². The largest absolute Gasteiger partial charge is 0.331 e. The number of nitrogens with zero attached hydrogens (tertiary/aromatic N) is 1. The SMILES string of the molecule is C=CCN(CC=C)C(=O)N[C@@H](C)c1cccc(S(=O)(=O)NC)c1. The van der Waals surface area contributed by atoms with E-state index in [1.165, 1.54) is 13.1 Å². The van der Waals surface area contributed by atoms with E-state index in [1.54, 1.807) is 42.2 Å². The monoisotopic (exact) mass is 337 g/mol. The summed E-state index contributed by atoms with van der Waals surface area (Å²) in [5.41, 5.74) is 0.701. The van der Waals surface area contributed by atoms with E-state index in [9.17, 15) is 13.2 Å². The van der Waals surface area contributed by atoms with Gasteiger partial charge in [0.25, 0.3) is 0 Å². The summed E-state index contributed by atoms with van der Waals surface area (Å²) in [5, 5.41) is 2.84. The molecule has 0 aromatic heterocycles. The van der Waals surface area contributed by atoms with Crippen LogP contribution in [0.1, 0.15) is 18.5 Å². The Labute approximate surface area is 137 Å². The zero-order valence-electron chi connectivity index (χ0n) is 13.5. The Kier molecular flexibility index (Phi) is 6.99. The Morgan fingerprint density at radius 1 is 1.30 bits per heavy atom. The van der Waals surface area contributed by atoms with Gasteiger partial charge >= 0.3 is 6.03 Å². The molecular weight excluding hydrogens is 314 g/mol. The normalized spacial score (nSPS) is 12.3. The Bertz CT molecular complexity index is 661. The second-order valence-electron chi connectivity index (χ2n) is 4.93. The second-order valence-corrected chi connectivity index (χ2v) is 6.82. The van der Waals surface area contributed by atoms with Crippen molar-refractivity contribution in [3.8, 4) is 0 Å². The van der Waals surface area contributed by atoms with Crippen LogP contribution in [0.3, 0.4) is 0 Å². The number of hydrogen-bond donors (Lipinski definition) is 2. The molecular formula is C16H23N3O3S. The molecule has 0 aliphatic carbocycles. The van der Waals surface area contributed by atoms with Gasteiger partial charge in [0, 0.05) is 13.1 Å². The molecule has 6 nitrogen and oxygen atoms in total. The molecule has 0 aliphatic heterocycles. The van der Waals surface area contributed by atoms with Gasteiger partial charge < -0.3 is 10.2 Å². The maximum Gasteiger partial charge on any atom is 0.318 e. The number of urea groups is 1. The van der Waals surface area contributed by atoms with Crippen molar-refractivity contribution >= 4 is 16.1 Å². The third-order valence-electron chi connectivity index (χ3n) is 3.26. The molecule has 1 rings (SSSR count). The Morgan fingerprint density at radius 2 is 1.91 bits per heavy atom. The van der Waals surface area contributed by atoms with E-state index in [-0.39, 0.29) is 17.0 Å². The number of hydrogen-bond acceptors (Lipinski definition) is 3. The Balaban J connectivity index is 2.91. The molecule has 0 heterocycles. The lowest BCUT2D eigenvalue weighted by Gasteiger charge is -2.23. The number of sulfonamides is 1. The summed E-state index contributed by atoms with van der Waals surface area (Å²) in [7, 11) is -2.16. The number of nitrogens with one attached hydrogen (secondary N) is 2. The van der Waals surface area contributed by atoms with E-state index in [0.29, 0.717) is 18.7 Å². The number of carbonyl (C=O) groups is 1. The first-order chi connectivity index (χ1) is 10.9. The van der Waals surface area contributed by atoms with Crippen LogP contribution in [-0.2, 0) is 10.0 Å². The third kappa shape index (κ3) is 5.22. The van der Waals surface area contributed by atoms with Crippen LogP contribution in [0, 0.1) is 0 Å². The molecule has 0 unspecified atom stereocenters. The van der Waals surface area contributed by atoms with Crippen LogP contribution in [0.15, 0.2) is 54.5 Å². The zero-order valence-corrected chi connectivity index (χ0v) is 14.3.